The molecule has 0 unspecified atom stereocenters. The van der Waals surface area contributed by atoms with Gasteiger partial charge in [0.25, 0.3) is 5.78 Å². The van der Waals surface area contributed by atoms with Crippen LogP contribution in [0.3, 0.4) is 0 Å². The minimum atomic E-state index is -0.958. The van der Waals surface area contributed by atoms with Gasteiger partial charge in [-0.2, -0.15) is 0 Å². The zero-order chi connectivity index (χ0) is 31.3. The summed E-state index contributed by atoms with van der Waals surface area (Å²) in [6, 6.07) is 19.5. The summed E-state index contributed by atoms with van der Waals surface area (Å²) in [5.41, 5.74) is 3.21. The third kappa shape index (κ3) is 6.69. The van der Waals surface area contributed by atoms with Crippen molar-refractivity contribution >= 4 is 45.7 Å². The lowest BCUT2D eigenvalue weighted by molar-refractivity contribution is -0.132. The number of aromatic nitrogens is 2. The first-order valence-corrected chi connectivity index (χ1v) is 16.7. The predicted molar refractivity (Wildman–Crippen MR) is 174 cm³/mol. The van der Waals surface area contributed by atoms with Gasteiger partial charge in [0, 0.05) is 11.3 Å². The molecule has 4 aromatic rings. The van der Waals surface area contributed by atoms with Gasteiger partial charge in [0.15, 0.2) is 15.8 Å². The zero-order valence-corrected chi connectivity index (χ0v) is 26.7. The normalized spacial score (nSPS) is 17.1. The number of ketones is 1. The maximum Gasteiger partial charge on any atom is 0.301 e. The number of hydrogen-bond donors (Lipinski definition) is 1. The molecule has 1 saturated heterocycles. The van der Waals surface area contributed by atoms with Crippen LogP contribution < -0.4 is 19.1 Å². The minimum Gasteiger partial charge on any atom is -0.507 e. The molecule has 1 fully saturated rings. The zero-order valence-electron chi connectivity index (χ0n) is 25.0. The molecular formula is C34H33N3O6S2. The van der Waals surface area contributed by atoms with E-state index < -0.39 is 17.7 Å². The van der Waals surface area contributed by atoms with Gasteiger partial charge in [0.2, 0.25) is 5.13 Å². The number of benzene rings is 3. The van der Waals surface area contributed by atoms with E-state index in [-0.39, 0.29) is 16.5 Å². The molecule has 3 heterocycles. The Morgan fingerprint density at radius 1 is 1.02 bits per heavy atom. The monoisotopic (exact) mass is 643 g/mol. The Balaban J connectivity index is 1.37. The highest BCUT2D eigenvalue weighted by molar-refractivity contribution is 8.00. The number of aliphatic hydroxyl groups is 1. The number of rotatable bonds is 11. The fourth-order valence-corrected chi connectivity index (χ4v) is 7.02. The lowest BCUT2D eigenvalue weighted by atomic mass is 9.95. The van der Waals surface area contributed by atoms with E-state index in [1.54, 1.807) is 24.3 Å². The molecule has 2 aliphatic rings. The van der Waals surface area contributed by atoms with Crippen LogP contribution in [-0.4, -0.2) is 46.8 Å². The van der Waals surface area contributed by atoms with Crippen molar-refractivity contribution in [3.63, 3.8) is 0 Å². The second-order valence-electron chi connectivity index (χ2n) is 10.8. The van der Waals surface area contributed by atoms with Gasteiger partial charge in [-0.15, -0.1) is 10.2 Å². The van der Waals surface area contributed by atoms with Crippen molar-refractivity contribution < 1.29 is 28.9 Å². The molecule has 0 radical (unpaired) electrons. The van der Waals surface area contributed by atoms with Crippen molar-refractivity contribution in [3.8, 4) is 17.2 Å². The van der Waals surface area contributed by atoms with E-state index in [4.69, 9.17) is 14.2 Å². The van der Waals surface area contributed by atoms with Gasteiger partial charge in [-0.1, -0.05) is 84.8 Å². The molecule has 11 heteroatoms. The summed E-state index contributed by atoms with van der Waals surface area (Å²) in [4.78, 5) is 28.7. The highest BCUT2D eigenvalue weighted by Gasteiger charge is 2.48. The summed E-state index contributed by atoms with van der Waals surface area (Å²) in [6.07, 6.45) is 3.04. The number of fused-ring (bicyclic) bond motifs is 1. The maximum atomic E-state index is 13.7. The van der Waals surface area contributed by atoms with Crippen LogP contribution in [0.4, 0.5) is 5.13 Å². The van der Waals surface area contributed by atoms with Crippen LogP contribution in [-0.2, 0) is 15.3 Å². The highest BCUT2D eigenvalue weighted by Crippen LogP contribution is 2.45. The van der Waals surface area contributed by atoms with E-state index in [1.807, 2.05) is 25.1 Å². The number of nitrogens with zero attached hydrogens (tertiary/aromatic N) is 3. The number of hydrogen-bond acceptors (Lipinski definition) is 10. The molecule has 0 spiro atoms. The summed E-state index contributed by atoms with van der Waals surface area (Å²) in [5.74, 6) is 0.375. The largest absolute Gasteiger partial charge is 0.507 e. The van der Waals surface area contributed by atoms with Crippen LogP contribution in [0, 0.1) is 6.92 Å². The standard InChI is InChI=1S/C34H33N3O6S2/c1-3-4-5-15-41-25-8-6-7-23(18-25)29-28(30(38)24-13-14-26-27(19-24)43-17-16-42-26)31(39)32(40)37(29)33-35-36-34(45-33)44-20-22-11-9-21(2)10-12-22/h6-14,18-19,29,38H,3-5,15-17,20H2,1-2H3/t29-/m0/s1. The molecule has 0 saturated carbocycles. The van der Waals surface area contributed by atoms with E-state index in [9.17, 15) is 14.7 Å². The van der Waals surface area contributed by atoms with E-state index in [0.717, 1.165) is 24.8 Å². The number of anilines is 1. The molecule has 0 bridgehead atoms. The Hall–Kier alpha value is -4.35. The molecule has 2 aliphatic heterocycles. The Morgan fingerprint density at radius 3 is 2.62 bits per heavy atom. The highest BCUT2D eigenvalue weighted by atomic mass is 32.2. The van der Waals surface area contributed by atoms with Crippen LogP contribution in [0.5, 0.6) is 17.2 Å². The van der Waals surface area contributed by atoms with Gasteiger partial charge >= 0.3 is 5.91 Å². The molecule has 3 aromatic carbocycles. The number of aryl methyl sites for hydroxylation is 1. The first-order chi connectivity index (χ1) is 21.9. The van der Waals surface area contributed by atoms with Crippen molar-refractivity contribution in [2.45, 2.75) is 49.2 Å². The number of aliphatic hydroxyl groups excluding tert-OH is 1. The predicted octanol–water partition coefficient (Wildman–Crippen LogP) is 7.11. The van der Waals surface area contributed by atoms with Crippen molar-refractivity contribution in [2.75, 3.05) is 24.7 Å². The lowest BCUT2D eigenvalue weighted by Gasteiger charge is -2.23. The Bertz CT molecular complexity index is 1740. The smallest absolute Gasteiger partial charge is 0.301 e. The molecule has 232 valence electrons. The van der Waals surface area contributed by atoms with Crippen LogP contribution in [0.2, 0.25) is 0 Å². The van der Waals surface area contributed by atoms with Crippen molar-refractivity contribution in [1.29, 1.82) is 0 Å². The quantitative estimate of drug-likeness (QED) is 0.0457. The van der Waals surface area contributed by atoms with Crippen LogP contribution in [0.15, 0.2) is 76.6 Å². The summed E-state index contributed by atoms with van der Waals surface area (Å²) in [6.45, 7) is 5.51. The van der Waals surface area contributed by atoms with E-state index >= 15 is 0 Å². The first kappa shape index (κ1) is 30.7. The fourth-order valence-electron chi connectivity index (χ4n) is 5.20. The third-order valence-electron chi connectivity index (χ3n) is 7.54. The van der Waals surface area contributed by atoms with Crippen molar-refractivity contribution in [3.05, 3.63) is 94.6 Å². The summed E-state index contributed by atoms with van der Waals surface area (Å²) < 4.78 is 18.0. The number of amides is 1. The minimum absolute atomic E-state index is 0.0520. The number of unbranched alkanes of at least 4 members (excludes halogenated alkanes) is 2. The first-order valence-electron chi connectivity index (χ1n) is 14.9. The SMILES string of the molecule is CCCCCOc1cccc([C@H]2C(=C(O)c3ccc4c(c3)OCCO4)C(=O)C(=O)N2c2nnc(SCc3ccc(C)cc3)s2)c1. The average Bonchev–Trinajstić information content (AvgIpc) is 3.64. The van der Waals surface area contributed by atoms with Gasteiger partial charge in [-0.05, 0) is 54.8 Å². The Labute approximate surface area is 269 Å². The number of carbonyl (C=O) groups excluding carboxylic acids is 2. The summed E-state index contributed by atoms with van der Waals surface area (Å²) in [7, 11) is 0. The number of ether oxygens (including phenoxy) is 3. The van der Waals surface area contributed by atoms with E-state index in [2.05, 4.69) is 41.4 Å². The van der Waals surface area contributed by atoms with Crippen LogP contribution >= 0.6 is 23.1 Å². The molecule has 1 N–H and O–H groups in total. The van der Waals surface area contributed by atoms with Crippen molar-refractivity contribution in [1.82, 2.24) is 10.2 Å². The number of carbonyl (C=O) groups is 2. The van der Waals surface area contributed by atoms with Crippen LogP contribution in [0.25, 0.3) is 5.76 Å². The molecule has 0 aliphatic carbocycles. The molecule has 1 amide bonds. The summed E-state index contributed by atoms with van der Waals surface area (Å²) in [5, 5.41) is 20.6. The van der Waals surface area contributed by atoms with Gasteiger partial charge in [-0.3, -0.25) is 14.5 Å². The molecule has 1 atom stereocenters. The number of Topliss-reactive ketones (excluding diaryl/α,β-unsaturated/α-hetero) is 1. The van der Waals surface area contributed by atoms with E-state index in [0.29, 0.717) is 58.3 Å². The molecular weight excluding hydrogens is 611 g/mol. The summed E-state index contributed by atoms with van der Waals surface area (Å²) >= 11 is 2.74. The van der Waals surface area contributed by atoms with Crippen LogP contribution in [0.1, 0.15) is 54.5 Å². The maximum absolute atomic E-state index is 13.7. The Morgan fingerprint density at radius 2 is 1.82 bits per heavy atom. The van der Waals surface area contributed by atoms with Gasteiger partial charge in [-0.25, -0.2) is 0 Å². The molecule has 9 nitrogen and oxygen atoms in total. The topological polar surface area (TPSA) is 111 Å². The van der Waals surface area contributed by atoms with Crippen molar-refractivity contribution in [2.24, 2.45) is 0 Å². The molecule has 45 heavy (non-hydrogen) atoms. The second-order valence-corrected chi connectivity index (χ2v) is 13.0. The third-order valence-corrected chi connectivity index (χ3v) is 9.66. The van der Waals surface area contributed by atoms with E-state index in [1.165, 1.54) is 33.6 Å². The second kappa shape index (κ2) is 13.7. The lowest BCUT2D eigenvalue weighted by Crippen LogP contribution is -2.29. The fraction of sp³-hybridized carbons (Fsp3) is 0.294. The Kier molecular flexibility index (Phi) is 9.37. The average molecular weight is 644 g/mol. The number of thioether (sulfide) groups is 1. The molecule has 1 aromatic heterocycles. The van der Waals surface area contributed by atoms with Gasteiger partial charge < -0.3 is 19.3 Å². The van der Waals surface area contributed by atoms with Gasteiger partial charge in [0.05, 0.1) is 18.2 Å². The molecule has 6 rings (SSSR count). The van der Waals surface area contributed by atoms with Gasteiger partial charge in [0.1, 0.15) is 24.7 Å².